The lowest BCUT2D eigenvalue weighted by atomic mass is 10.1. The van der Waals surface area contributed by atoms with E-state index in [1.807, 2.05) is 12.1 Å². The van der Waals surface area contributed by atoms with Crippen molar-refractivity contribution in [1.29, 1.82) is 0 Å². The van der Waals surface area contributed by atoms with Gasteiger partial charge in [0.2, 0.25) is 5.91 Å². The molecular weight excluding hydrogens is 252 g/mol. The number of nitrogens with one attached hydrogen (secondary N) is 2. The number of carbonyl (C=O) groups is 1. The molecule has 0 atom stereocenters. The third kappa shape index (κ3) is 4.85. The van der Waals surface area contributed by atoms with Crippen LogP contribution in [0.25, 0.3) is 0 Å². The molecule has 0 bridgehead atoms. The molecule has 0 aliphatic heterocycles. The van der Waals surface area contributed by atoms with Crippen LogP contribution in [0.3, 0.4) is 0 Å². The van der Waals surface area contributed by atoms with Crippen LogP contribution in [0.1, 0.15) is 37.3 Å². The Balaban J connectivity index is 1.82. The molecule has 0 aromatic heterocycles. The molecule has 1 saturated carbocycles. The summed E-state index contributed by atoms with van der Waals surface area (Å²) in [6, 6.07) is 6.57. The predicted octanol–water partition coefficient (Wildman–Crippen LogP) is 2.15. The van der Waals surface area contributed by atoms with Crippen LogP contribution in [-0.2, 0) is 11.3 Å². The minimum absolute atomic E-state index is 0.0906. The highest BCUT2D eigenvalue weighted by molar-refractivity contribution is 5.76. The van der Waals surface area contributed by atoms with Gasteiger partial charge in [0.15, 0.2) is 0 Å². The zero-order valence-corrected chi connectivity index (χ0v) is 12.4. The van der Waals surface area contributed by atoms with E-state index in [1.165, 1.54) is 5.56 Å². The van der Waals surface area contributed by atoms with Crippen molar-refractivity contribution in [1.82, 2.24) is 10.6 Å². The van der Waals surface area contributed by atoms with E-state index in [0.29, 0.717) is 19.1 Å². The molecule has 0 spiro atoms. The van der Waals surface area contributed by atoms with Crippen LogP contribution in [0.4, 0.5) is 0 Å². The highest BCUT2D eigenvalue weighted by Gasteiger charge is 2.22. The molecule has 1 fully saturated rings. The van der Waals surface area contributed by atoms with Crippen LogP contribution < -0.4 is 15.4 Å². The van der Waals surface area contributed by atoms with Gasteiger partial charge in [-0.05, 0) is 32.4 Å². The van der Waals surface area contributed by atoms with Gasteiger partial charge >= 0.3 is 0 Å². The van der Waals surface area contributed by atoms with E-state index in [4.69, 9.17) is 4.74 Å². The van der Waals surface area contributed by atoms with Gasteiger partial charge in [0, 0.05) is 18.2 Å². The van der Waals surface area contributed by atoms with Crippen LogP contribution in [-0.4, -0.2) is 25.1 Å². The zero-order valence-electron chi connectivity index (χ0n) is 12.4. The van der Waals surface area contributed by atoms with Crippen molar-refractivity contribution in [2.75, 3.05) is 13.2 Å². The third-order valence-electron chi connectivity index (χ3n) is 3.31. The average Bonchev–Trinajstić information content (AvgIpc) is 3.22. The molecule has 20 heavy (non-hydrogen) atoms. The van der Waals surface area contributed by atoms with Crippen LogP contribution in [0.15, 0.2) is 18.2 Å². The van der Waals surface area contributed by atoms with E-state index in [2.05, 4.69) is 30.5 Å². The molecular formula is C16H24N2O2. The first-order valence-corrected chi connectivity index (χ1v) is 7.41. The second-order valence-corrected chi connectivity index (χ2v) is 5.33. The van der Waals surface area contributed by atoms with Gasteiger partial charge in [-0.25, -0.2) is 0 Å². The fourth-order valence-corrected chi connectivity index (χ4v) is 2.03. The van der Waals surface area contributed by atoms with Crippen molar-refractivity contribution in [2.24, 2.45) is 0 Å². The maximum absolute atomic E-state index is 11.6. The lowest BCUT2D eigenvalue weighted by molar-refractivity contribution is -0.121. The number of hydrogen-bond acceptors (Lipinski definition) is 3. The quantitative estimate of drug-likeness (QED) is 0.765. The summed E-state index contributed by atoms with van der Waals surface area (Å²) in [4.78, 5) is 11.6. The Kier molecular flexibility index (Phi) is 5.41. The molecule has 4 heteroatoms. The Bertz CT molecular complexity index is 456. The second kappa shape index (κ2) is 7.29. The standard InChI is InChI=1S/C16H24N2O2/c1-3-17-11-13-10-12(2)4-7-15(13)20-9-8-16(19)18-14-5-6-14/h4,7,10,14,17H,3,5-6,8-9,11H2,1-2H3,(H,18,19). The highest BCUT2D eigenvalue weighted by Crippen LogP contribution is 2.21. The molecule has 1 amide bonds. The number of carbonyl (C=O) groups excluding carboxylic acids is 1. The number of hydrogen-bond donors (Lipinski definition) is 2. The summed E-state index contributed by atoms with van der Waals surface area (Å²) in [5, 5.41) is 6.27. The summed E-state index contributed by atoms with van der Waals surface area (Å²) in [6.45, 7) is 6.31. The van der Waals surface area contributed by atoms with Crippen molar-refractivity contribution in [3.8, 4) is 5.75 Å². The van der Waals surface area contributed by atoms with E-state index in [0.717, 1.165) is 37.2 Å². The van der Waals surface area contributed by atoms with Crippen molar-refractivity contribution < 1.29 is 9.53 Å². The largest absolute Gasteiger partial charge is 0.493 e. The minimum atomic E-state index is 0.0906. The zero-order chi connectivity index (χ0) is 14.4. The molecule has 1 aromatic rings. The molecule has 0 heterocycles. The van der Waals surface area contributed by atoms with Crippen LogP contribution in [0, 0.1) is 6.92 Å². The molecule has 110 valence electrons. The average molecular weight is 276 g/mol. The Morgan fingerprint density at radius 2 is 2.20 bits per heavy atom. The Morgan fingerprint density at radius 3 is 2.90 bits per heavy atom. The molecule has 1 aromatic carbocycles. The van der Waals surface area contributed by atoms with Gasteiger partial charge in [-0.1, -0.05) is 24.6 Å². The fourth-order valence-electron chi connectivity index (χ4n) is 2.03. The van der Waals surface area contributed by atoms with Crippen LogP contribution >= 0.6 is 0 Å². The lowest BCUT2D eigenvalue weighted by Gasteiger charge is -2.12. The maximum Gasteiger partial charge on any atom is 0.223 e. The lowest BCUT2D eigenvalue weighted by Crippen LogP contribution is -2.26. The van der Waals surface area contributed by atoms with Gasteiger partial charge in [0.1, 0.15) is 5.75 Å². The number of ether oxygens (including phenoxy) is 1. The summed E-state index contributed by atoms with van der Waals surface area (Å²) in [5.74, 6) is 0.962. The SMILES string of the molecule is CCNCc1cc(C)ccc1OCCC(=O)NC1CC1. The summed E-state index contributed by atoms with van der Waals surface area (Å²) in [6.07, 6.45) is 2.67. The van der Waals surface area contributed by atoms with Crippen LogP contribution in [0.5, 0.6) is 5.75 Å². The molecule has 1 aliphatic rings. The Labute approximate surface area is 120 Å². The molecule has 0 radical (unpaired) electrons. The first kappa shape index (κ1) is 14.9. The molecule has 0 saturated heterocycles. The molecule has 1 aliphatic carbocycles. The van der Waals surface area contributed by atoms with E-state index in [9.17, 15) is 4.79 Å². The van der Waals surface area contributed by atoms with E-state index < -0.39 is 0 Å². The van der Waals surface area contributed by atoms with Crippen molar-refractivity contribution >= 4 is 5.91 Å². The Hall–Kier alpha value is -1.55. The molecule has 2 N–H and O–H groups in total. The van der Waals surface area contributed by atoms with E-state index in [-0.39, 0.29) is 5.91 Å². The van der Waals surface area contributed by atoms with Gasteiger partial charge in [0.25, 0.3) is 0 Å². The van der Waals surface area contributed by atoms with E-state index >= 15 is 0 Å². The predicted molar refractivity (Wildman–Crippen MR) is 79.8 cm³/mol. The topological polar surface area (TPSA) is 50.4 Å². The number of amides is 1. The number of aryl methyl sites for hydroxylation is 1. The van der Waals surface area contributed by atoms with Gasteiger partial charge < -0.3 is 15.4 Å². The van der Waals surface area contributed by atoms with Crippen molar-refractivity contribution in [3.63, 3.8) is 0 Å². The summed E-state index contributed by atoms with van der Waals surface area (Å²) < 4.78 is 5.76. The molecule has 0 unspecified atom stereocenters. The van der Waals surface area contributed by atoms with E-state index in [1.54, 1.807) is 0 Å². The normalized spacial score (nSPS) is 14.1. The molecule has 2 rings (SSSR count). The van der Waals surface area contributed by atoms with Crippen molar-refractivity contribution in [3.05, 3.63) is 29.3 Å². The summed E-state index contributed by atoms with van der Waals surface area (Å²) in [5.41, 5.74) is 2.37. The van der Waals surface area contributed by atoms with Gasteiger partial charge in [-0.15, -0.1) is 0 Å². The van der Waals surface area contributed by atoms with Crippen molar-refractivity contribution in [2.45, 2.75) is 45.7 Å². The first-order valence-electron chi connectivity index (χ1n) is 7.41. The number of rotatable bonds is 8. The van der Waals surface area contributed by atoms with Gasteiger partial charge in [0.05, 0.1) is 13.0 Å². The number of benzene rings is 1. The first-order chi connectivity index (χ1) is 9.69. The maximum atomic E-state index is 11.6. The second-order valence-electron chi connectivity index (χ2n) is 5.33. The fraction of sp³-hybridized carbons (Fsp3) is 0.562. The monoisotopic (exact) mass is 276 g/mol. The summed E-state index contributed by atoms with van der Waals surface area (Å²) >= 11 is 0. The van der Waals surface area contributed by atoms with Gasteiger partial charge in [-0.3, -0.25) is 4.79 Å². The minimum Gasteiger partial charge on any atom is -0.493 e. The Morgan fingerprint density at radius 1 is 1.40 bits per heavy atom. The highest BCUT2D eigenvalue weighted by atomic mass is 16.5. The molecule has 4 nitrogen and oxygen atoms in total. The smallest absolute Gasteiger partial charge is 0.223 e. The van der Waals surface area contributed by atoms with Crippen LogP contribution in [0.2, 0.25) is 0 Å². The third-order valence-corrected chi connectivity index (χ3v) is 3.31. The summed E-state index contributed by atoms with van der Waals surface area (Å²) in [7, 11) is 0. The van der Waals surface area contributed by atoms with Gasteiger partial charge in [-0.2, -0.15) is 0 Å².